The molecule has 1 aliphatic heterocycles. The molecule has 9 nitrogen and oxygen atoms in total. The minimum absolute atomic E-state index is 0.0911. The minimum atomic E-state index is -0.0911. The number of piperidine rings is 1. The summed E-state index contributed by atoms with van der Waals surface area (Å²) in [7, 11) is 1.72. The Bertz CT molecular complexity index is 933. The third kappa shape index (κ3) is 3.67. The molecule has 2 amide bonds. The van der Waals surface area contributed by atoms with Gasteiger partial charge < -0.3 is 10.2 Å². The van der Waals surface area contributed by atoms with Crippen LogP contribution in [0.15, 0.2) is 30.5 Å². The number of hydrogen-bond acceptors (Lipinski definition) is 5. The summed E-state index contributed by atoms with van der Waals surface area (Å²) in [4.78, 5) is 16.1. The highest BCUT2D eigenvalue weighted by Gasteiger charge is 2.26. The van der Waals surface area contributed by atoms with Gasteiger partial charge in [-0.3, -0.25) is 5.10 Å². The minimum Gasteiger partial charge on any atom is -0.324 e. The molecule has 2 aromatic heterocycles. The molecule has 9 heteroatoms. The number of H-pyrrole nitrogens is 1. The number of rotatable bonds is 3. The van der Waals surface area contributed by atoms with Crippen LogP contribution in [0.1, 0.15) is 30.0 Å². The number of benzene rings is 1. The van der Waals surface area contributed by atoms with E-state index in [2.05, 4.69) is 30.9 Å². The molecule has 3 aromatic rings. The Balaban J connectivity index is 1.49. The van der Waals surface area contributed by atoms with E-state index in [4.69, 9.17) is 0 Å². The van der Waals surface area contributed by atoms with Gasteiger partial charge in [0, 0.05) is 42.1 Å². The van der Waals surface area contributed by atoms with E-state index in [1.165, 1.54) is 4.80 Å². The predicted octanol–water partition coefficient (Wildman–Crippen LogP) is 2.32. The van der Waals surface area contributed by atoms with Crippen molar-refractivity contribution < 1.29 is 4.79 Å². The zero-order chi connectivity index (χ0) is 18.8. The second kappa shape index (κ2) is 7.18. The lowest BCUT2D eigenvalue weighted by Gasteiger charge is -2.32. The number of aromatic amines is 1. The summed E-state index contributed by atoms with van der Waals surface area (Å²) in [5, 5.41) is 22.2. The van der Waals surface area contributed by atoms with Crippen molar-refractivity contribution in [1.82, 2.24) is 35.3 Å². The van der Waals surface area contributed by atoms with Gasteiger partial charge in [-0.15, -0.1) is 10.2 Å². The molecular formula is C18H22N8O. The largest absolute Gasteiger partial charge is 0.324 e. The molecule has 1 unspecified atom stereocenters. The van der Waals surface area contributed by atoms with E-state index in [1.807, 2.05) is 36.1 Å². The van der Waals surface area contributed by atoms with Crippen LogP contribution in [0, 0.1) is 6.92 Å². The number of aryl methyl sites for hydroxylation is 2. The number of hydrogen-bond donors (Lipinski definition) is 2. The first-order valence-corrected chi connectivity index (χ1v) is 9.00. The van der Waals surface area contributed by atoms with E-state index < -0.39 is 0 Å². The molecule has 4 rings (SSSR count). The summed E-state index contributed by atoms with van der Waals surface area (Å²) < 4.78 is 0. The molecule has 0 spiro atoms. The average molecular weight is 366 g/mol. The lowest BCUT2D eigenvalue weighted by molar-refractivity contribution is 0.192. The quantitative estimate of drug-likeness (QED) is 0.740. The fourth-order valence-electron chi connectivity index (χ4n) is 3.40. The molecule has 1 aliphatic rings. The van der Waals surface area contributed by atoms with Gasteiger partial charge in [-0.25, -0.2) is 4.79 Å². The summed E-state index contributed by atoms with van der Waals surface area (Å²) in [6, 6.07) is 7.66. The summed E-state index contributed by atoms with van der Waals surface area (Å²) in [6.07, 6.45) is 3.78. The summed E-state index contributed by atoms with van der Waals surface area (Å²) in [5.74, 6) is 0.827. The molecule has 1 aromatic carbocycles. The highest BCUT2D eigenvalue weighted by molar-refractivity contribution is 5.91. The standard InChI is InChI=1S/C18H22N8O/c1-12-5-6-13(17-22-24-25(2)23-17)10-16(12)20-18(27)26-9-3-4-14(11-26)15-7-8-19-21-15/h5-8,10,14H,3-4,9,11H2,1-2H3,(H,19,21)(H,20,27). The number of nitrogens with one attached hydrogen (secondary N) is 2. The average Bonchev–Trinajstić information content (AvgIpc) is 3.35. The fraction of sp³-hybridized carbons (Fsp3) is 0.389. The SMILES string of the molecule is Cc1ccc(-c2nnn(C)n2)cc1NC(=O)N1CCCC(c2ccn[nH]2)C1. The van der Waals surface area contributed by atoms with E-state index in [0.717, 1.165) is 41.9 Å². The van der Waals surface area contributed by atoms with Crippen molar-refractivity contribution in [3.8, 4) is 11.4 Å². The number of amides is 2. The Morgan fingerprint density at radius 3 is 2.96 bits per heavy atom. The highest BCUT2D eigenvalue weighted by Crippen LogP contribution is 2.27. The lowest BCUT2D eigenvalue weighted by Crippen LogP contribution is -2.41. The first-order valence-electron chi connectivity index (χ1n) is 9.00. The normalized spacial score (nSPS) is 17.1. The van der Waals surface area contributed by atoms with E-state index in [1.54, 1.807) is 13.2 Å². The van der Waals surface area contributed by atoms with Crippen molar-refractivity contribution >= 4 is 11.7 Å². The number of carbonyl (C=O) groups is 1. The van der Waals surface area contributed by atoms with Crippen LogP contribution in [0.25, 0.3) is 11.4 Å². The van der Waals surface area contributed by atoms with Crippen LogP contribution in [0.2, 0.25) is 0 Å². The maximum absolute atomic E-state index is 12.8. The molecular weight excluding hydrogens is 344 g/mol. The third-order valence-corrected chi connectivity index (χ3v) is 4.92. The van der Waals surface area contributed by atoms with Gasteiger partial charge in [-0.05, 0) is 42.7 Å². The van der Waals surface area contributed by atoms with Gasteiger partial charge in [-0.1, -0.05) is 12.1 Å². The van der Waals surface area contributed by atoms with Gasteiger partial charge in [0.25, 0.3) is 0 Å². The number of aromatic nitrogens is 6. The van der Waals surface area contributed by atoms with Gasteiger partial charge in [0.1, 0.15) is 0 Å². The van der Waals surface area contributed by atoms with E-state index >= 15 is 0 Å². The Hall–Kier alpha value is -3.23. The summed E-state index contributed by atoms with van der Waals surface area (Å²) in [5.41, 5.74) is 3.64. The molecule has 27 heavy (non-hydrogen) atoms. The van der Waals surface area contributed by atoms with Gasteiger partial charge >= 0.3 is 6.03 Å². The number of carbonyl (C=O) groups excluding carboxylic acids is 1. The number of tetrazole rings is 1. The van der Waals surface area contributed by atoms with Crippen LogP contribution in [0.5, 0.6) is 0 Å². The van der Waals surface area contributed by atoms with Gasteiger partial charge in [-0.2, -0.15) is 9.90 Å². The molecule has 1 fully saturated rings. The molecule has 3 heterocycles. The van der Waals surface area contributed by atoms with Crippen LogP contribution >= 0.6 is 0 Å². The maximum atomic E-state index is 12.8. The molecule has 140 valence electrons. The van der Waals surface area contributed by atoms with Crippen molar-refractivity contribution in [2.24, 2.45) is 7.05 Å². The van der Waals surface area contributed by atoms with Crippen LogP contribution < -0.4 is 5.32 Å². The van der Waals surface area contributed by atoms with Crippen molar-refractivity contribution in [2.45, 2.75) is 25.7 Å². The summed E-state index contributed by atoms with van der Waals surface area (Å²) >= 11 is 0. The van der Waals surface area contributed by atoms with Crippen LogP contribution in [-0.4, -0.2) is 54.4 Å². The predicted molar refractivity (Wildman–Crippen MR) is 100 cm³/mol. The van der Waals surface area contributed by atoms with Crippen molar-refractivity contribution in [3.63, 3.8) is 0 Å². The molecule has 1 atom stereocenters. The monoisotopic (exact) mass is 366 g/mol. The number of nitrogens with zero attached hydrogens (tertiary/aromatic N) is 6. The Kier molecular flexibility index (Phi) is 4.57. The second-order valence-electron chi connectivity index (χ2n) is 6.86. The van der Waals surface area contributed by atoms with Gasteiger partial charge in [0.05, 0.1) is 7.05 Å². The van der Waals surface area contributed by atoms with Gasteiger partial charge in [0.15, 0.2) is 0 Å². The fourth-order valence-corrected chi connectivity index (χ4v) is 3.40. The van der Waals surface area contributed by atoms with E-state index in [-0.39, 0.29) is 6.03 Å². The number of urea groups is 1. The maximum Gasteiger partial charge on any atom is 0.321 e. The second-order valence-corrected chi connectivity index (χ2v) is 6.86. The number of anilines is 1. The molecule has 0 saturated carbocycles. The smallest absolute Gasteiger partial charge is 0.321 e. The van der Waals surface area contributed by atoms with Crippen LogP contribution in [-0.2, 0) is 7.05 Å². The summed E-state index contributed by atoms with van der Waals surface area (Å²) in [6.45, 7) is 3.40. The molecule has 2 N–H and O–H groups in total. The topological polar surface area (TPSA) is 105 Å². The molecule has 1 saturated heterocycles. The first kappa shape index (κ1) is 17.2. The zero-order valence-electron chi connectivity index (χ0n) is 15.4. The van der Waals surface area contributed by atoms with Gasteiger partial charge in [0.2, 0.25) is 5.82 Å². The first-order chi connectivity index (χ1) is 13.1. The number of likely N-dealkylation sites (tertiary alicyclic amines) is 1. The van der Waals surface area contributed by atoms with Crippen LogP contribution in [0.4, 0.5) is 10.5 Å². The Labute approximate surface area is 156 Å². The van der Waals surface area contributed by atoms with Crippen molar-refractivity contribution in [1.29, 1.82) is 0 Å². The van der Waals surface area contributed by atoms with E-state index in [9.17, 15) is 4.79 Å². The third-order valence-electron chi connectivity index (χ3n) is 4.92. The molecule has 0 bridgehead atoms. The van der Waals surface area contributed by atoms with E-state index in [0.29, 0.717) is 18.3 Å². The van der Waals surface area contributed by atoms with Crippen LogP contribution in [0.3, 0.4) is 0 Å². The Morgan fingerprint density at radius 2 is 2.22 bits per heavy atom. The molecule has 0 radical (unpaired) electrons. The van der Waals surface area contributed by atoms with Crippen molar-refractivity contribution in [3.05, 3.63) is 41.7 Å². The Morgan fingerprint density at radius 1 is 1.33 bits per heavy atom. The highest BCUT2D eigenvalue weighted by atomic mass is 16.2. The zero-order valence-corrected chi connectivity index (χ0v) is 15.4. The molecule has 0 aliphatic carbocycles. The van der Waals surface area contributed by atoms with Crippen molar-refractivity contribution in [2.75, 3.05) is 18.4 Å². The lowest BCUT2D eigenvalue weighted by atomic mass is 9.95.